The first-order valence-corrected chi connectivity index (χ1v) is 15.5. The highest BCUT2D eigenvalue weighted by Crippen LogP contribution is 2.08. The van der Waals surface area contributed by atoms with Crippen molar-refractivity contribution in [3.05, 3.63) is 0 Å². The Hall–Kier alpha value is -4.76. The molecule has 274 valence electrons. The highest BCUT2D eigenvalue weighted by molar-refractivity contribution is 5.95. The van der Waals surface area contributed by atoms with Crippen LogP contribution in [0.1, 0.15) is 64.7 Å². The van der Waals surface area contributed by atoms with Crippen molar-refractivity contribution in [1.82, 2.24) is 21.3 Å². The zero-order valence-corrected chi connectivity index (χ0v) is 27.2. The van der Waals surface area contributed by atoms with Crippen LogP contribution in [-0.2, 0) is 28.8 Å². The quantitative estimate of drug-likeness (QED) is 0.0242. The van der Waals surface area contributed by atoms with Crippen LogP contribution >= 0.6 is 0 Å². The molecule has 0 aromatic carbocycles. The van der Waals surface area contributed by atoms with Gasteiger partial charge in [0, 0.05) is 19.5 Å². The molecule has 5 amide bonds. The number of hydrogen-bond donors (Lipinski definition) is 13. The van der Waals surface area contributed by atoms with Gasteiger partial charge < -0.3 is 71.6 Å². The maximum absolute atomic E-state index is 13.5. The number of hydrogen-bond acceptors (Lipinski definition) is 11. The zero-order chi connectivity index (χ0) is 36.8. The molecule has 0 unspecified atom stereocenters. The van der Waals surface area contributed by atoms with Crippen LogP contribution in [0.2, 0.25) is 0 Å². The van der Waals surface area contributed by atoms with Gasteiger partial charge >= 0.3 is 5.97 Å². The molecule has 20 N–H and O–H groups in total. The number of carbonyl (C=O) groups is 6. The molecule has 0 aromatic heterocycles. The zero-order valence-electron chi connectivity index (χ0n) is 27.2. The summed E-state index contributed by atoms with van der Waals surface area (Å²) in [5.41, 5.74) is 37.8. The number of carbonyl (C=O) groups excluding carboxylic acids is 5. The molecule has 6 atom stereocenters. The molecule has 21 heteroatoms. The van der Waals surface area contributed by atoms with Crippen LogP contribution in [0, 0.1) is 0 Å². The van der Waals surface area contributed by atoms with E-state index in [2.05, 4.69) is 31.3 Å². The third kappa shape index (κ3) is 19.0. The summed E-state index contributed by atoms with van der Waals surface area (Å²) < 4.78 is 0. The Morgan fingerprint density at radius 1 is 0.625 bits per heavy atom. The van der Waals surface area contributed by atoms with Crippen molar-refractivity contribution in [1.29, 1.82) is 0 Å². The molecule has 0 aliphatic carbocycles. The number of aliphatic imine (C=N–C) groups is 2. The van der Waals surface area contributed by atoms with Crippen molar-refractivity contribution in [2.24, 2.45) is 50.1 Å². The lowest BCUT2D eigenvalue weighted by Gasteiger charge is -2.26. The fraction of sp³-hybridized carbons (Fsp3) is 0.704. The van der Waals surface area contributed by atoms with Gasteiger partial charge in [-0.2, -0.15) is 0 Å². The minimum Gasteiger partial charge on any atom is -0.480 e. The lowest BCUT2D eigenvalue weighted by Crippen LogP contribution is -2.59. The van der Waals surface area contributed by atoms with Crippen LogP contribution in [0.25, 0.3) is 0 Å². The van der Waals surface area contributed by atoms with Gasteiger partial charge in [-0.05, 0) is 64.8 Å². The molecule has 0 heterocycles. The first kappa shape index (κ1) is 43.2. The predicted octanol–water partition coefficient (Wildman–Crippen LogP) is -5.78. The molecule has 0 spiro atoms. The fourth-order valence-corrected chi connectivity index (χ4v) is 4.15. The molecule has 0 radical (unpaired) electrons. The van der Waals surface area contributed by atoms with E-state index in [1.807, 2.05) is 0 Å². The number of aliphatic carboxylic acids is 1. The number of nitrogens with zero attached hydrogens (tertiary/aromatic N) is 2. The minimum absolute atomic E-state index is 0.0189. The van der Waals surface area contributed by atoms with Gasteiger partial charge in [0.15, 0.2) is 11.9 Å². The van der Waals surface area contributed by atoms with Gasteiger partial charge in [0.05, 0.1) is 6.10 Å². The highest BCUT2D eigenvalue weighted by Gasteiger charge is 2.32. The summed E-state index contributed by atoms with van der Waals surface area (Å²) in [7, 11) is 0. The molecule has 0 bridgehead atoms. The van der Waals surface area contributed by atoms with E-state index in [-0.39, 0.29) is 76.5 Å². The van der Waals surface area contributed by atoms with Gasteiger partial charge in [0.1, 0.15) is 30.2 Å². The summed E-state index contributed by atoms with van der Waals surface area (Å²) in [6.45, 7) is 1.80. The van der Waals surface area contributed by atoms with Gasteiger partial charge in [-0.3, -0.25) is 34.0 Å². The van der Waals surface area contributed by atoms with Crippen LogP contribution in [0.5, 0.6) is 0 Å². The molecule has 21 nitrogen and oxygen atoms in total. The smallest absolute Gasteiger partial charge is 0.326 e. The molecule has 0 rings (SSSR count). The van der Waals surface area contributed by atoms with E-state index in [1.165, 1.54) is 6.92 Å². The predicted molar refractivity (Wildman–Crippen MR) is 176 cm³/mol. The molecule has 48 heavy (non-hydrogen) atoms. The standard InChI is InChI=1S/C27H53N13O8/c1-14(41)20(30)24(46)39-16(7-4-12-35-26(31)32)21(43)38-17(9-10-19(29)42)23(45)37-15(6-2-3-11-28)22(44)40-18(25(47)48)8-5-13-36-27(33)34/h14-18,20,41H,2-13,28,30H2,1H3,(H2,29,42)(H,37,45)(H,38,43)(H,39,46)(H,40,44)(H,47,48)(H4,31,32,35)(H4,33,34,36)/t14-,15+,16+,17+,18+,20+/m1/s1. The van der Waals surface area contributed by atoms with E-state index in [1.54, 1.807) is 0 Å². The topological polar surface area (TPSA) is 398 Å². The second-order valence-electron chi connectivity index (χ2n) is 11.0. The SMILES string of the molecule is C[C@@H](O)[C@H](N)C(=O)N[C@@H](CCCN=C(N)N)C(=O)N[C@@H](CCC(N)=O)C(=O)N[C@@H](CCCCN)C(=O)N[C@@H](CCCN=C(N)N)C(=O)O. The van der Waals surface area contributed by atoms with Crippen LogP contribution < -0.4 is 61.4 Å². The lowest BCUT2D eigenvalue weighted by molar-refractivity contribution is -0.142. The molecule has 0 saturated heterocycles. The maximum atomic E-state index is 13.5. The third-order valence-electron chi connectivity index (χ3n) is 6.85. The van der Waals surface area contributed by atoms with Gasteiger partial charge in [0.25, 0.3) is 0 Å². The van der Waals surface area contributed by atoms with Gasteiger partial charge in [-0.15, -0.1) is 0 Å². The van der Waals surface area contributed by atoms with Gasteiger partial charge in [-0.1, -0.05) is 0 Å². The Balaban J connectivity index is 6.06. The van der Waals surface area contributed by atoms with Crippen molar-refractivity contribution in [3.63, 3.8) is 0 Å². The number of nitrogens with two attached hydrogens (primary N) is 7. The second-order valence-corrected chi connectivity index (χ2v) is 11.0. The summed E-state index contributed by atoms with van der Waals surface area (Å²) >= 11 is 0. The normalized spacial score (nSPS) is 14.5. The van der Waals surface area contributed by atoms with E-state index in [0.29, 0.717) is 12.8 Å². The summed E-state index contributed by atoms with van der Waals surface area (Å²) in [5.74, 6) is -5.88. The lowest BCUT2D eigenvalue weighted by atomic mass is 10.0. The molecule has 0 saturated carbocycles. The Morgan fingerprint density at radius 2 is 1.02 bits per heavy atom. The van der Waals surface area contributed by atoms with E-state index in [4.69, 9.17) is 40.1 Å². The van der Waals surface area contributed by atoms with Gasteiger partial charge in [0.2, 0.25) is 29.5 Å². The number of amides is 5. The van der Waals surface area contributed by atoms with Crippen molar-refractivity contribution < 1.29 is 39.0 Å². The number of aliphatic hydroxyl groups excluding tert-OH is 1. The molecular weight excluding hydrogens is 634 g/mol. The van der Waals surface area contributed by atoms with E-state index >= 15 is 0 Å². The van der Waals surface area contributed by atoms with E-state index < -0.39 is 71.8 Å². The van der Waals surface area contributed by atoms with Crippen molar-refractivity contribution in [2.45, 2.75) is 101 Å². The molecule has 0 aromatic rings. The monoisotopic (exact) mass is 687 g/mol. The summed E-state index contributed by atoms with van der Waals surface area (Å²) in [4.78, 5) is 83.7. The summed E-state index contributed by atoms with van der Waals surface area (Å²) in [5, 5.41) is 29.2. The van der Waals surface area contributed by atoms with Crippen molar-refractivity contribution in [2.75, 3.05) is 19.6 Å². The van der Waals surface area contributed by atoms with Crippen LogP contribution in [0.4, 0.5) is 0 Å². The largest absolute Gasteiger partial charge is 0.480 e. The van der Waals surface area contributed by atoms with E-state index in [9.17, 15) is 39.0 Å². The number of carboxylic acid groups (broad SMARTS) is 1. The Bertz CT molecular complexity index is 1130. The second kappa shape index (κ2) is 23.5. The molecule has 0 aliphatic rings. The Kier molecular flexibility index (Phi) is 21.2. The first-order valence-electron chi connectivity index (χ1n) is 15.5. The molecular formula is C27H53N13O8. The number of nitrogens with one attached hydrogen (secondary N) is 4. The minimum atomic E-state index is -1.42. The highest BCUT2D eigenvalue weighted by atomic mass is 16.4. The summed E-state index contributed by atoms with van der Waals surface area (Å²) in [6, 6.07) is -6.66. The van der Waals surface area contributed by atoms with Crippen LogP contribution in [0.15, 0.2) is 9.98 Å². The molecule has 0 aliphatic heterocycles. The number of carboxylic acids is 1. The van der Waals surface area contributed by atoms with Crippen molar-refractivity contribution >= 4 is 47.4 Å². The average molecular weight is 688 g/mol. The van der Waals surface area contributed by atoms with E-state index in [0.717, 1.165) is 0 Å². The maximum Gasteiger partial charge on any atom is 0.326 e. The summed E-state index contributed by atoms with van der Waals surface area (Å²) in [6.07, 6.45) is -0.547. The first-order chi connectivity index (χ1) is 22.5. The number of rotatable bonds is 25. The van der Waals surface area contributed by atoms with Gasteiger partial charge in [-0.25, -0.2) is 4.79 Å². The van der Waals surface area contributed by atoms with Crippen molar-refractivity contribution in [3.8, 4) is 0 Å². The number of aliphatic hydroxyl groups is 1. The Morgan fingerprint density at radius 3 is 1.42 bits per heavy atom. The third-order valence-corrected chi connectivity index (χ3v) is 6.85. The van der Waals surface area contributed by atoms with Crippen LogP contribution in [-0.4, -0.2) is 114 Å². The number of unbranched alkanes of at least 4 members (excludes halogenated alkanes) is 1. The number of guanidine groups is 2. The average Bonchev–Trinajstić information content (AvgIpc) is 3.00. The Labute approximate surface area is 278 Å². The van der Waals surface area contributed by atoms with Crippen LogP contribution in [0.3, 0.4) is 0 Å². The molecule has 0 fully saturated rings. The number of primary amides is 1. The fourth-order valence-electron chi connectivity index (χ4n) is 4.15.